The molecule has 0 N–H and O–H groups in total. The van der Waals surface area contributed by atoms with E-state index >= 15 is 0 Å². The van der Waals surface area contributed by atoms with E-state index in [-0.39, 0.29) is 0 Å². The first-order chi connectivity index (χ1) is 5.33. The number of nitrogens with zero attached hydrogens (tertiary/aromatic N) is 1. The molecular weight excluding hydrogens is 161 g/mol. The Kier molecular flexibility index (Phi) is 3.36. The Labute approximate surface area is 71.1 Å². The maximum absolute atomic E-state index is 12.3. The van der Waals surface area contributed by atoms with Crippen LogP contribution in [0.4, 0.5) is 4.39 Å². The third-order valence-electron chi connectivity index (χ3n) is 1.41. The Morgan fingerprint density at radius 1 is 1.45 bits per heavy atom. The second-order valence-corrected chi connectivity index (χ2v) is 2.76. The van der Waals surface area contributed by atoms with Gasteiger partial charge in [-0.25, -0.2) is 4.98 Å². The molecule has 0 saturated heterocycles. The number of aryl methyl sites for hydroxylation is 1. The minimum atomic E-state index is -0.417. The summed E-state index contributed by atoms with van der Waals surface area (Å²) in [5, 5.41) is 0. The number of pyridine rings is 1. The molecule has 1 nitrogen and oxygen atoms in total. The largest absolute Gasteiger partial charge is 0.228 e. The van der Waals surface area contributed by atoms with E-state index in [0.29, 0.717) is 0 Å². The van der Waals surface area contributed by atoms with E-state index in [9.17, 15) is 4.39 Å². The lowest BCUT2D eigenvalue weighted by Crippen LogP contribution is -1.89. The predicted molar refractivity (Wildman–Crippen MR) is 46.4 cm³/mol. The highest BCUT2D eigenvalue weighted by Crippen LogP contribution is 2.02. The summed E-state index contributed by atoms with van der Waals surface area (Å²) in [6.45, 7) is 0. The minimum absolute atomic E-state index is 0.417. The van der Waals surface area contributed by atoms with E-state index in [1.54, 1.807) is 12.3 Å². The molecular formula is C8H10FNS. The molecule has 0 aromatic carbocycles. The molecule has 0 aliphatic rings. The zero-order chi connectivity index (χ0) is 8.10. The highest BCUT2D eigenvalue weighted by molar-refractivity contribution is 7.80. The summed E-state index contributed by atoms with van der Waals surface area (Å²) < 4.78 is 12.3. The summed E-state index contributed by atoms with van der Waals surface area (Å²) in [5.41, 5.74) is 1.07. The molecule has 0 atom stereocenters. The van der Waals surface area contributed by atoms with Crippen molar-refractivity contribution in [3.63, 3.8) is 0 Å². The SMILES string of the molecule is Fc1ccc(CCCS)cn1. The zero-order valence-corrected chi connectivity index (χ0v) is 7.02. The molecule has 1 aromatic heterocycles. The van der Waals surface area contributed by atoms with Crippen molar-refractivity contribution in [3.8, 4) is 0 Å². The maximum atomic E-state index is 12.3. The molecule has 1 rings (SSSR count). The molecule has 1 heterocycles. The molecule has 0 amide bonds. The van der Waals surface area contributed by atoms with Crippen LogP contribution >= 0.6 is 12.6 Å². The number of hydrogen-bond acceptors (Lipinski definition) is 2. The first-order valence-electron chi connectivity index (χ1n) is 3.54. The van der Waals surface area contributed by atoms with Crippen molar-refractivity contribution in [1.29, 1.82) is 0 Å². The number of rotatable bonds is 3. The van der Waals surface area contributed by atoms with Gasteiger partial charge in [0, 0.05) is 6.20 Å². The maximum Gasteiger partial charge on any atom is 0.212 e. The van der Waals surface area contributed by atoms with Crippen LogP contribution in [-0.4, -0.2) is 10.7 Å². The monoisotopic (exact) mass is 171 g/mol. The highest BCUT2D eigenvalue weighted by atomic mass is 32.1. The Morgan fingerprint density at radius 3 is 2.82 bits per heavy atom. The van der Waals surface area contributed by atoms with Crippen LogP contribution in [-0.2, 0) is 6.42 Å². The Morgan fingerprint density at radius 2 is 2.27 bits per heavy atom. The first kappa shape index (κ1) is 8.53. The lowest BCUT2D eigenvalue weighted by Gasteiger charge is -1.96. The van der Waals surface area contributed by atoms with Gasteiger partial charge in [0.1, 0.15) is 0 Å². The van der Waals surface area contributed by atoms with E-state index in [0.717, 1.165) is 24.2 Å². The molecule has 0 spiro atoms. The Bertz CT molecular complexity index is 210. The van der Waals surface area contributed by atoms with Crippen molar-refractivity contribution < 1.29 is 4.39 Å². The van der Waals surface area contributed by atoms with Crippen molar-refractivity contribution >= 4 is 12.6 Å². The Balaban J connectivity index is 2.52. The van der Waals surface area contributed by atoms with Crippen molar-refractivity contribution in [3.05, 3.63) is 29.8 Å². The van der Waals surface area contributed by atoms with Crippen molar-refractivity contribution in [2.24, 2.45) is 0 Å². The summed E-state index contributed by atoms with van der Waals surface area (Å²) in [4.78, 5) is 3.54. The van der Waals surface area contributed by atoms with Gasteiger partial charge in [0.2, 0.25) is 5.95 Å². The molecule has 0 saturated carbocycles. The van der Waals surface area contributed by atoms with Gasteiger partial charge < -0.3 is 0 Å². The van der Waals surface area contributed by atoms with Crippen LogP contribution in [0.2, 0.25) is 0 Å². The summed E-state index contributed by atoms with van der Waals surface area (Å²) in [5.74, 6) is 0.441. The van der Waals surface area contributed by atoms with Crippen molar-refractivity contribution in [2.75, 3.05) is 5.75 Å². The molecule has 0 fully saturated rings. The quantitative estimate of drug-likeness (QED) is 0.542. The van der Waals surface area contributed by atoms with Crippen molar-refractivity contribution in [2.45, 2.75) is 12.8 Å². The molecule has 0 aliphatic heterocycles. The van der Waals surface area contributed by atoms with Crippen molar-refractivity contribution in [1.82, 2.24) is 4.98 Å². The molecule has 60 valence electrons. The number of thiol groups is 1. The van der Waals surface area contributed by atoms with Gasteiger partial charge in [-0.15, -0.1) is 0 Å². The second kappa shape index (κ2) is 4.34. The summed E-state index contributed by atoms with van der Waals surface area (Å²) in [6.07, 6.45) is 3.51. The lowest BCUT2D eigenvalue weighted by atomic mass is 10.2. The standard InChI is InChI=1S/C8H10FNS/c9-8-4-3-7(6-10-8)2-1-5-11/h3-4,6,11H,1-2,5H2. The smallest absolute Gasteiger partial charge is 0.212 e. The minimum Gasteiger partial charge on any atom is -0.228 e. The molecule has 11 heavy (non-hydrogen) atoms. The van der Waals surface area contributed by atoms with E-state index < -0.39 is 5.95 Å². The molecule has 3 heteroatoms. The van der Waals surface area contributed by atoms with E-state index in [1.165, 1.54) is 6.07 Å². The number of aromatic nitrogens is 1. The topological polar surface area (TPSA) is 12.9 Å². The predicted octanol–water partition coefficient (Wildman–Crippen LogP) is 2.08. The van der Waals surface area contributed by atoms with Gasteiger partial charge in [0.25, 0.3) is 0 Å². The van der Waals surface area contributed by atoms with Gasteiger partial charge in [0.05, 0.1) is 0 Å². The van der Waals surface area contributed by atoms with E-state index in [1.807, 2.05) is 0 Å². The fourth-order valence-electron chi connectivity index (χ4n) is 0.838. The average Bonchev–Trinajstić information content (AvgIpc) is 2.04. The third-order valence-corrected chi connectivity index (χ3v) is 1.73. The highest BCUT2D eigenvalue weighted by Gasteiger charge is 1.93. The first-order valence-corrected chi connectivity index (χ1v) is 4.17. The third kappa shape index (κ3) is 2.89. The molecule has 0 unspecified atom stereocenters. The molecule has 0 radical (unpaired) electrons. The van der Waals surface area contributed by atoms with Gasteiger partial charge in [0.15, 0.2) is 0 Å². The van der Waals surface area contributed by atoms with Gasteiger partial charge in [-0.2, -0.15) is 17.0 Å². The second-order valence-electron chi connectivity index (χ2n) is 2.32. The van der Waals surface area contributed by atoms with Crippen LogP contribution in [0.1, 0.15) is 12.0 Å². The summed E-state index contributed by atoms with van der Waals surface area (Å²) in [7, 11) is 0. The molecule has 1 aromatic rings. The van der Waals surface area contributed by atoms with Gasteiger partial charge in [-0.1, -0.05) is 6.07 Å². The van der Waals surface area contributed by atoms with Gasteiger partial charge in [-0.3, -0.25) is 0 Å². The molecule has 0 bridgehead atoms. The van der Waals surface area contributed by atoms with Crippen LogP contribution in [0.25, 0.3) is 0 Å². The Hall–Kier alpha value is -0.570. The summed E-state index contributed by atoms with van der Waals surface area (Å²) >= 11 is 4.08. The van der Waals surface area contributed by atoms with Crippen LogP contribution in [0, 0.1) is 5.95 Å². The van der Waals surface area contributed by atoms with Gasteiger partial charge in [-0.05, 0) is 30.2 Å². The van der Waals surface area contributed by atoms with E-state index in [2.05, 4.69) is 17.6 Å². The lowest BCUT2D eigenvalue weighted by molar-refractivity contribution is 0.582. The number of halogens is 1. The fourth-order valence-corrected chi connectivity index (χ4v) is 0.996. The molecule has 0 aliphatic carbocycles. The van der Waals surface area contributed by atoms with Crippen LogP contribution in [0.15, 0.2) is 18.3 Å². The van der Waals surface area contributed by atoms with Gasteiger partial charge >= 0.3 is 0 Å². The van der Waals surface area contributed by atoms with Crippen LogP contribution in [0.3, 0.4) is 0 Å². The zero-order valence-electron chi connectivity index (χ0n) is 6.13. The number of hydrogen-bond donors (Lipinski definition) is 1. The van der Waals surface area contributed by atoms with Crippen LogP contribution in [0.5, 0.6) is 0 Å². The fraction of sp³-hybridized carbons (Fsp3) is 0.375. The van der Waals surface area contributed by atoms with Crippen LogP contribution < -0.4 is 0 Å². The van der Waals surface area contributed by atoms with E-state index in [4.69, 9.17) is 0 Å². The summed E-state index contributed by atoms with van der Waals surface area (Å²) in [6, 6.07) is 3.14. The normalized spacial score (nSPS) is 10.0. The average molecular weight is 171 g/mol.